The number of carbonyl (C=O) groups excluding carboxylic acids is 1. The van der Waals surface area contributed by atoms with Crippen molar-refractivity contribution in [2.75, 3.05) is 32.8 Å². The molecule has 1 amide bonds. The zero-order valence-electron chi connectivity index (χ0n) is 16.5. The van der Waals surface area contributed by atoms with Gasteiger partial charge in [-0.05, 0) is 48.4 Å². The van der Waals surface area contributed by atoms with E-state index < -0.39 is 15.8 Å². The van der Waals surface area contributed by atoms with Crippen LogP contribution in [0.4, 0.5) is 4.39 Å². The molecule has 0 aliphatic carbocycles. The van der Waals surface area contributed by atoms with E-state index in [-0.39, 0.29) is 37.0 Å². The second-order valence-corrected chi connectivity index (χ2v) is 9.32. The summed E-state index contributed by atoms with van der Waals surface area (Å²) in [5.41, 5.74) is 0.531. The van der Waals surface area contributed by atoms with Crippen molar-refractivity contribution in [3.8, 4) is 5.75 Å². The normalized spacial score (nSPS) is 15.5. The molecule has 1 fully saturated rings. The third kappa shape index (κ3) is 5.13. The Hall–Kier alpha value is -2.45. The van der Waals surface area contributed by atoms with Crippen LogP contribution in [-0.4, -0.2) is 56.3 Å². The number of piperazine rings is 1. The summed E-state index contributed by atoms with van der Waals surface area (Å²) in [4.78, 5) is 14.3. The second kappa shape index (κ2) is 8.92. The van der Waals surface area contributed by atoms with Gasteiger partial charge in [-0.25, -0.2) is 12.8 Å². The average molecular weight is 421 g/mol. The first-order chi connectivity index (χ1) is 13.8. The molecule has 3 rings (SSSR count). The van der Waals surface area contributed by atoms with Crippen LogP contribution in [0.5, 0.6) is 5.75 Å². The lowest BCUT2D eigenvalue weighted by Gasteiger charge is -2.34. The Labute approximate surface area is 170 Å². The van der Waals surface area contributed by atoms with E-state index in [9.17, 15) is 17.6 Å². The summed E-state index contributed by atoms with van der Waals surface area (Å²) >= 11 is 0. The largest absolute Gasteiger partial charge is 0.493 e. The Bertz CT molecular complexity index is 953. The van der Waals surface area contributed by atoms with Crippen molar-refractivity contribution in [2.24, 2.45) is 5.92 Å². The van der Waals surface area contributed by atoms with E-state index in [1.165, 1.54) is 22.5 Å². The number of carbonyl (C=O) groups is 1. The van der Waals surface area contributed by atoms with Gasteiger partial charge in [0.1, 0.15) is 11.6 Å². The van der Waals surface area contributed by atoms with Gasteiger partial charge in [0.2, 0.25) is 10.0 Å². The van der Waals surface area contributed by atoms with E-state index in [1.807, 2.05) is 0 Å². The van der Waals surface area contributed by atoms with Crippen LogP contribution >= 0.6 is 0 Å². The molecule has 0 radical (unpaired) electrons. The minimum absolute atomic E-state index is 0.0748. The monoisotopic (exact) mass is 420 g/mol. The molecular weight excluding hydrogens is 395 g/mol. The topological polar surface area (TPSA) is 66.9 Å². The van der Waals surface area contributed by atoms with Gasteiger partial charge in [-0.3, -0.25) is 4.79 Å². The zero-order valence-corrected chi connectivity index (χ0v) is 17.4. The fourth-order valence-corrected chi connectivity index (χ4v) is 4.50. The first-order valence-electron chi connectivity index (χ1n) is 9.55. The Morgan fingerprint density at radius 3 is 2.31 bits per heavy atom. The van der Waals surface area contributed by atoms with Crippen LogP contribution in [0.3, 0.4) is 0 Å². The summed E-state index contributed by atoms with van der Waals surface area (Å²) in [5.74, 6) is 0.376. The van der Waals surface area contributed by atoms with Gasteiger partial charge in [-0.15, -0.1) is 0 Å². The van der Waals surface area contributed by atoms with Crippen LogP contribution < -0.4 is 4.74 Å². The smallest absolute Gasteiger partial charge is 0.253 e. The van der Waals surface area contributed by atoms with Gasteiger partial charge in [0.15, 0.2) is 0 Å². The van der Waals surface area contributed by atoms with E-state index in [4.69, 9.17) is 4.74 Å². The molecule has 0 unspecified atom stereocenters. The SMILES string of the molecule is CC(C)COc1ccc(C(=O)N2CCN(S(=O)(=O)c3cccc(F)c3)CC2)cc1. The number of rotatable bonds is 6. The van der Waals surface area contributed by atoms with Crippen LogP contribution in [0.25, 0.3) is 0 Å². The maximum atomic E-state index is 13.4. The molecule has 0 spiro atoms. The van der Waals surface area contributed by atoms with Gasteiger partial charge in [0, 0.05) is 31.7 Å². The van der Waals surface area contributed by atoms with E-state index >= 15 is 0 Å². The predicted octanol–water partition coefficient (Wildman–Crippen LogP) is 3.01. The maximum Gasteiger partial charge on any atom is 0.253 e. The molecule has 0 aromatic heterocycles. The van der Waals surface area contributed by atoms with E-state index in [1.54, 1.807) is 29.2 Å². The standard InChI is InChI=1S/C21H25FN2O4S/c1-16(2)15-28-19-8-6-17(7-9-19)21(25)23-10-12-24(13-11-23)29(26,27)20-5-3-4-18(22)14-20/h3-9,14,16H,10-13,15H2,1-2H3. The molecular formula is C21H25FN2O4S. The van der Waals surface area contributed by atoms with Crippen molar-refractivity contribution < 1.29 is 22.3 Å². The van der Waals surface area contributed by atoms with Gasteiger partial charge < -0.3 is 9.64 Å². The molecule has 1 aliphatic rings. The molecule has 1 aliphatic heterocycles. The van der Waals surface area contributed by atoms with Crippen LogP contribution in [0.2, 0.25) is 0 Å². The van der Waals surface area contributed by atoms with Crippen molar-refractivity contribution in [1.82, 2.24) is 9.21 Å². The number of benzene rings is 2. The molecule has 0 saturated carbocycles. The Morgan fingerprint density at radius 2 is 1.72 bits per heavy atom. The lowest BCUT2D eigenvalue weighted by atomic mass is 10.1. The van der Waals surface area contributed by atoms with Gasteiger partial charge >= 0.3 is 0 Å². The highest BCUT2D eigenvalue weighted by Crippen LogP contribution is 2.20. The fraction of sp³-hybridized carbons (Fsp3) is 0.381. The van der Waals surface area contributed by atoms with Crippen LogP contribution in [0.1, 0.15) is 24.2 Å². The highest BCUT2D eigenvalue weighted by atomic mass is 32.2. The molecule has 2 aromatic carbocycles. The molecule has 2 aromatic rings. The van der Waals surface area contributed by atoms with Gasteiger partial charge in [-0.1, -0.05) is 19.9 Å². The quantitative estimate of drug-likeness (QED) is 0.721. The van der Waals surface area contributed by atoms with E-state index in [2.05, 4.69) is 13.8 Å². The first kappa shape index (κ1) is 21.3. The number of hydrogen-bond donors (Lipinski definition) is 0. The third-order valence-corrected chi connectivity index (χ3v) is 6.54. The maximum absolute atomic E-state index is 13.4. The number of halogens is 1. The molecule has 1 saturated heterocycles. The zero-order chi connectivity index (χ0) is 21.0. The van der Waals surface area contributed by atoms with Crippen molar-refractivity contribution >= 4 is 15.9 Å². The Morgan fingerprint density at radius 1 is 1.07 bits per heavy atom. The summed E-state index contributed by atoms with van der Waals surface area (Å²) in [5, 5.41) is 0. The highest BCUT2D eigenvalue weighted by molar-refractivity contribution is 7.89. The average Bonchev–Trinajstić information content (AvgIpc) is 2.72. The van der Waals surface area contributed by atoms with E-state index in [0.29, 0.717) is 23.8 Å². The summed E-state index contributed by atoms with van der Waals surface area (Å²) in [7, 11) is -3.78. The minimum Gasteiger partial charge on any atom is -0.493 e. The van der Waals surface area contributed by atoms with Crippen LogP contribution in [0, 0.1) is 11.7 Å². The molecule has 156 valence electrons. The first-order valence-corrected chi connectivity index (χ1v) is 11.0. The van der Waals surface area contributed by atoms with Crippen molar-refractivity contribution in [3.63, 3.8) is 0 Å². The second-order valence-electron chi connectivity index (χ2n) is 7.38. The molecule has 1 heterocycles. The van der Waals surface area contributed by atoms with Crippen molar-refractivity contribution in [3.05, 3.63) is 59.9 Å². The van der Waals surface area contributed by atoms with E-state index in [0.717, 1.165) is 6.07 Å². The highest BCUT2D eigenvalue weighted by Gasteiger charge is 2.30. The molecule has 8 heteroatoms. The molecule has 6 nitrogen and oxygen atoms in total. The predicted molar refractivity (Wildman–Crippen MR) is 108 cm³/mol. The number of nitrogens with zero attached hydrogens (tertiary/aromatic N) is 2. The molecule has 0 N–H and O–H groups in total. The summed E-state index contributed by atoms with van der Waals surface area (Å²) < 4.78 is 45.7. The molecule has 0 atom stereocenters. The minimum atomic E-state index is -3.78. The van der Waals surface area contributed by atoms with Crippen LogP contribution in [-0.2, 0) is 10.0 Å². The van der Waals surface area contributed by atoms with Crippen LogP contribution in [0.15, 0.2) is 53.4 Å². The van der Waals surface area contributed by atoms with Gasteiger partial charge in [0.05, 0.1) is 11.5 Å². The van der Waals surface area contributed by atoms with Gasteiger partial charge in [-0.2, -0.15) is 4.31 Å². The lowest BCUT2D eigenvalue weighted by Crippen LogP contribution is -2.50. The molecule has 29 heavy (non-hydrogen) atoms. The number of amides is 1. The number of hydrogen-bond acceptors (Lipinski definition) is 4. The molecule has 0 bridgehead atoms. The number of ether oxygens (including phenoxy) is 1. The summed E-state index contributed by atoms with van der Waals surface area (Å²) in [6, 6.07) is 11.9. The lowest BCUT2D eigenvalue weighted by molar-refractivity contribution is 0.0698. The Kier molecular flexibility index (Phi) is 6.54. The summed E-state index contributed by atoms with van der Waals surface area (Å²) in [6.45, 7) is 5.62. The fourth-order valence-electron chi connectivity index (χ4n) is 3.05. The number of sulfonamides is 1. The summed E-state index contributed by atoms with van der Waals surface area (Å²) in [6.07, 6.45) is 0. The van der Waals surface area contributed by atoms with Crippen molar-refractivity contribution in [1.29, 1.82) is 0 Å². The Balaban J connectivity index is 1.61. The third-order valence-electron chi connectivity index (χ3n) is 4.64. The van der Waals surface area contributed by atoms with Crippen molar-refractivity contribution in [2.45, 2.75) is 18.7 Å². The van der Waals surface area contributed by atoms with Gasteiger partial charge in [0.25, 0.3) is 5.91 Å².